The third kappa shape index (κ3) is 11.0. The van der Waals surface area contributed by atoms with E-state index in [9.17, 15) is 4.79 Å². The summed E-state index contributed by atoms with van der Waals surface area (Å²) in [6.07, 6.45) is 9.38. The smallest absolute Gasteiger partial charge is 0.310 e. The Labute approximate surface area is 103 Å². The maximum Gasteiger partial charge on any atom is 0.310 e. The molecule has 1 N–H and O–H groups in total. The maximum atomic E-state index is 11.0. The second kappa shape index (κ2) is 9.87. The summed E-state index contributed by atoms with van der Waals surface area (Å²) in [5.74, 6) is -0.216. The Morgan fingerprint density at radius 2 is 1.88 bits per heavy atom. The van der Waals surface area contributed by atoms with Gasteiger partial charge in [0.05, 0.1) is 6.26 Å². The van der Waals surface area contributed by atoms with E-state index < -0.39 is 5.97 Å². The maximum absolute atomic E-state index is 11.0. The number of aliphatic carboxylic acids is 1. The van der Waals surface area contributed by atoms with Crippen LogP contribution in [0.2, 0.25) is 0 Å². The predicted octanol–water partition coefficient (Wildman–Crippen LogP) is 3.12. The molecule has 1 saturated carbocycles. The summed E-state index contributed by atoms with van der Waals surface area (Å²) in [6.45, 7) is 4.44. The minimum absolute atomic E-state index is 0.138. The van der Waals surface area contributed by atoms with E-state index in [0.29, 0.717) is 6.42 Å². The van der Waals surface area contributed by atoms with E-state index in [0.717, 1.165) is 19.3 Å². The Morgan fingerprint density at radius 3 is 2.35 bits per heavy atom. The van der Waals surface area contributed by atoms with Crippen LogP contribution in [0.3, 0.4) is 0 Å². The van der Waals surface area contributed by atoms with E-state index in [1.165, 1.54) is 38.4 Å². The first-order valence-electron chi connectivity index (χ1n) is 6.06. The highest BCUT2D eigenvalue weighted by molar-refractivity contribution is 5.69. The molecule has 4 heteroatoms. The van der Waals surface area contributed by atoms with Crippen molar-refractivity contribution in [3.05, 3.63) is 12.8 Å². The molecule has 0 saturated heterocycles. The molecule has 1 fully saturated rings. The Kier molecular flexibility index (Phi) is 9.11. The fourth-order valence-electron chi connectivity index (χ4n) is 1.95. The van der Waals surface area contributed by atoms with Crippen LogP contribution in [0.5, 0.6) is 0 Å². The van der Waals surface area contributed by atoms with Gasteiger partial charge in [-0.05, 0) is 12.3 Å². The largest absolute Gasteiger partial charge is 0.481 e. The Hall–Kier alpha value is -1.32. The molecular weight excluding hydrogens is 220 g/mol. The molecule has 0 bridgehead atoms. The average Bonchev–Trinajstić information content (AvgIpc) is 2.27. The number of carbonyl (C=O) groups excluding carboxylic acids is 1. The van der Waals surface area contributed by atoms with Crippen LogP contribution in [0.25, 0.3) is 0 Å². The van der Waals surface area contributed by atoms with Crippen LogP contribution in [0.1, 0.15) is 51.9 Å². The van der Waals surface area contributed by atoms with Gasteiger partial charge in [-0.1, -0.05) is 38.7 Å². The molecule has 0 aromatic rings. The number of carboxylic acids is 1. The van der Waals surface area contributed by atoms with Gasteiger partial charge in [0.1, 0.15) is 0 Å². The Balaban J connectivity index is 0.000000557. The molecule has 4 nitrogen and oxygen atoms in total. The predicted molar refractivity (Wildman–Crippen MR) is 65.4 cm³/mol. The highest BCUT2D eigenvalue weighted by Crippen LogP contribution is 2.27. The summed E-state index contributed by atoms with van der Waals surface area (Å²) in [7, 11) is 0. The summed E-state index contributed by atoms with van der Waals surface area (Å²) >= 11 is 0. The number of carbonyl (C=O) groups is 2. The molecule has 0 aliphatic heterocycles. The minimum Gasteiger partial charge on any atom is -0.481 e. The fourth-order valence-corrected chi connectivity index (χ4v) is 1.95. The van der Waals surface area contributed by atoms with Gasteiger partial charge in [0.25, 0.3) is 5.97 Å². The SMILES string of the molecule is C=COC(=O)CCC1CCCCC1.CC(=O)O. The monoisotopic (exact) mass is 242 g/mol. The van der Waals surface area contributed by atoms with Crippen molar-refractivity contribution in [3.8, 4) is 0 Å². The van der Waals surface area contributed by atoms with E-state index >= 15 is 0 Å². The molecule has 0 heterocycles. The van der Waals surface area contributed by atoms with E-state index in [1.54, 1.807) is 0 Å². The zero-order chi connectivity index (χ0) is 13.1. The number of ether oxygens (including phenoxy) is 1. The molecule has 98 valence electrons. The molecule has 1 rings (SSSR count). The first-order chi connectivity index (χ1) is 8.06. The van der Waals surface area contributed by atoms with E-state index in [1.807, 2.05) is 0 Å². The number of carboxylic acid groups (broad SMARTS) is 1. The van der Waals surface area contributed by atoms with Crippen molar-refractivity contribution >= 4 is 11.9 Å². The Morgan fingerprint density at radius 1 is 1.35 bits per heavy atom. The molecule has 0 spiro atoms. The topological polar surface area (TPSA) is 63.6 Å². The van der Waals surface area contributed by atoms with Gasteiger partial charge in [0.2, 0.25) is 0 Å². The van der Waals surface area contributed by atoms with Crippen LogP contribution in [0, 0.1) is 5.92 Å². The molecule has 0 atom stereocenters. The van der Waals surface area contributed by atoms with Crippen LogP contribution >= 0.6 is 0 Å². The van der Waals surface area contributed by atoms with Crippen molar-refractivity contribution in [1.29, 1.82) is 0 Å². The van der Waals surface area contributed by atoms with Gasteiger partial charge in [0, 0.05) is 13.3 Å². The highest BCUT2D eigenvalue weighted by atomic mass is 16.5. The summed E-state index contributed by atoms with van der Waals surface area (Å²) in [5.41, 5.74) is 0. The molecular formula is C13H22O4. The second-order valence-electron chi connectivity index (χ2n) is 4.22. The van der Waals surface area contributed by atoms with Crippen LogP contribution in [-0.2, 0) is 14.3 Å². The lowest BCUT2D eigenvalue weighted by Gasteiger charge is -2.20. The lowest BCUT2D eigenvalue weighted by atomic mass is 9.86. The number of hydrogen-bond donors (Lipinski definition) is 1. The third-order valence-electron chi connectivity index (χ3n) is 2.70. The van der Waals surface area contributed by atoms with Crippen molar-refractivity contribution in [2.75, 3.05) is 0 Å². The van der Waals surface area contributed by atoms with Crippen LogP contribution in [-0.4, -0.2) is 17.0 Å². The molecule has 0 aromatic carbocycles. The normalized spacial score (nSPS) is 15.4. The van der Waals surface area contributed by atoms with Gasteiger partial charge in [-0.3, -0.25) is 9.59 Å². The lowest BCUT2D eigenvalue weighted by Crippen LogP contribution is -2.09. The van der Waals surface area contributed by atoms with E-state index in [4.69, 9.17) is 9.90 Å². The van der Waals surface area contributed by atoms with Gasteiger partial charge in [-0.25, -0.2) is 0 Å². The molecule has 0 radical (unpaired) electrons. The minimum atomic E-state index is -0.833. The average molecular weight is 242 g/mol. The molecule has 1 aliphatic carbocycles. The van der Waals surface area contributed by atoms with Crippen molar-refractivity contribution in [2.24, 2.45) is 5.92 Å². The second-order valence-corrected chi connectivity index (χ2v) is 4.22. The molecule has 0 unspecified atom stereocenters. The number of esters is 1. The first-order valence-corrected chi connectivity index (χ1v) is 6.06. The van der Waals surface area contributed by atoms with Crippen molar-refractivity contribution in [3.63, 3.8) is 0 Å². The summed E-state index contributed by atoms with van der Waals surface area (Å²) in [6, 6.07) is 0. The zero-order valence-corrected chi connectivity index (χ0v) is 10.5. The van der Waals surface area contributed by atoms with Gasteiger partial charge in [-0.2, -0.15) is 0 Å². The van der Waals surface area contributed by atoms with Crippen LogP contribution in [0.15, 0.2) is 12.8 Å². The third-order valence-corrected chi connectivity index (χ3v) is 2.70. The van der Waals surface area contributed by atoms with Gasteiger partial charge in [0.15, 0.2) is 0 Å². The zero-order valence-electron chi connectivity index (χ0n) is 10.5. The van der Waals surface area contributed by atoms with Crippen molar-refractivity contribution in [2.45, 2.75) is 51.9 Å². The van der Waals surface area contributed by atoms with Crippen molar-refractivity contribution in [1.82, 2.24) is 0 Å². The lowest BCUT2D eigenvalue weighted by molar-refractivity contribution is -0.138. The van der Waals surface area contributed by atoms with Crippen molar-refractivity contribution < 1.29 is 19.4 Å². The first kappa shape index (κ1) is 15.7. The Bertz CT molecular complexity index is 238. The number of rotatable bonds is 4. The highest BCUT2D eigenvalue weighted by Gasteiger charge is 2.14. The molecule has 0 amide bonds. The molecule has 1 aliphatic rings. The fraction of sp³-hybridized carbons (Fsp3) is 0.692. The standard InChI is InChI=1S/C11H18O2.C2H4O2/c1-2-13-11(12)9-8-10-6-4-3-5-7-10;1-2(3)4/h2,10H,1,3-9H2;1H3,(H,3,4). The summed E-state index contributed by atoms with van der Waals surface area (Å²) in [4.78, 5) is 20.0. The van der Waals surface area contributed by atoms with E-state index in [-0.39, 0.29) is 5.97 Å². The summed E-state index contributed by atoms with van der Waals surface area (Å²) < 4.78 is 4.66. The number of hydrogen-bond acceptors (Lipinski definition) is 3. The van der Waals surface area contributed by atoms with Crippen LogP contribution < -0.4 is 0 Å². The van der Waals surface area contributed by atoms with Gasteiger partial charge >= 0.3 is 5.97 Å². The molecule has 0 aromatic heterocycles. The van der Waals surface area contributed by atoms with E-state index in [2.05, 4.69) is 11.3 Å². The van der Waals surface area contributed by atoms with Gasteiger partial charge in [-0.15, -0.1) is 0 Å². The quantitative estimate of drug-likeness (QED) is 0.607. The molecule has 17 heavy (non-hydrogen) atoms. The van der Waals surface area contributed by atoms with Crippen LogP contribution in [0.4, 0.5) is 0 Å². The summed E-state index contributed by atoms with van der Waals surface area (Å²) in [5, 5.41) is 7.42. The van der Waals surface area contributed by atoms with Gasteiger partial charge < -0.3 is 9.84 Å².